The number of aliphatic carboxylic acids is 1. The van der Waals surface area contributed by atoms with Gasteiger partial charge in [-0.3, -0.25) is 4.79 Å². The summed E-state index contributed by atoms with van der Waals surface area (Å²) in [5, 5.41) is 9.47. The summed E-state index contributed by atoms with van der Waals surface area (Å²) < 4.78 is 20.0. The number of halogens is 2. The van der Waals surface area contributed by atoms with Gasteiger partial charge in [0.1, 0.15) is 22.9 Å². The zero-order chi connectivity index (χ0) is 20.6. The molecular weight excluding hydrogens is 393 g/mol. The number of aryl methyl sites for hydroxylation is 1. The maximum absolute atomic E-state index is 13.9. The van der Waals surface area contributed by atoms with Crippen LogP contribution in [0.5, 0.6) is 11.5 Å². The SMILES string of the molecule is NC1(C(=O)O)CCc2ccc(Oc3ccccc3-c3cccc(F)c3Cl)cc2C1. The van der Waals surface area contributed by atoms with Crippen molar-refractivity contribution in [3.8, 4) is 22.6 Å². The van der Waals surface area contributed by atoms with Gasteiger partial charge >= 0.3 is 5.97 Å². The third-order valence-electron chi connectivity index (χ3n) is 5.31. The summed E-state index contributed by atoms with van der Waals surface area (Å²) in [7, 11) is 0. The lowest BCUT2D eigenvalue weighted by Crippen LogP contribution is -2.52. The molecule has 0 saturated heterocycles. The second kappa shape index (κ2) is 7.50. The molecular formula is C23H19ClFNO3. The Hall–Kier alpha value is -2.89. The summed E-state index contributed by atoms with van der Waals surface area (Å²) in [5.41, 5.74) is 7.92. The smallest absolute Gasteiger partial charge is 0.324 e. The first-order valence-electron chi connectivity index (χ1n) is 9.23. The van der Waals surface area contributed by atoms with Gasteiger partial charge in [0.25, 0.3) is 0 Å². The van der Waals surface area contributed by atoms with Gasteiger partial charge in [0.2, 0.25) is 0 Å². The number of nitrogens with two attached hydrogens (primary N) is 1. The standard InChI is InChI=1S/C23H19ClFNO3/c24-21-18(5-3-6-19(21)25)17-4-1-2-7-20(17)29-16-9-8-14-10-11-23(26,22(27)28)13-15(14)12-16/h1-9,12H,10-11,13,26H2,(H,27,28). The van der Waals surface area contributed by atoms with Gasteiger partial charge in [0.15, 0.2) is 0 Å². The van der Waals surface area contributed by atoms with Crippen molar-refractivity contribution in [1.82, 2.24) is 0 Å². The lowest BCUT2D eigenvalue weighted by Gasteiger charge is -2.31. The van der Waals surface area contributed by atoms with E-state index in [0.717, 1.165) is 11.1 Å². The number of fused-ring (bicyclic) bond motifs is 1. The molecule has 1 aliphatic rings. The molecule has 0 aromatic heterocycles. The summed E-state index contributed by atoms with van der Waals surface area (Å²) >= 11 is 6.16. The summed E-state index contributed by atoms with van der Waals surface area (Å²) in [5.74, 6) is -0.423. The van der Waals surface area contributed by atoms with E-state index in [4.69, 9.17) is 22.1 Å². The van der Waals surface area contributed by atoms with Gasteiger partial charge < -0.3 is 15.6 Å². The normalized spacial score (nSPS) is 18.2. The minimum absolute atomic E-state index is 0.0309. The minimum atomic E-state index is -1.27. The van der Waals surface area contributed by atoms with Gasteiger partial charge in [0, 0.05) is 17.5 Å². The van der Waals surface area contributed by atoms with Gasteiger partial charge in [0.05, 0.1) is 5.02 Å². The predicted octanol–water partition coefficient (Wildman–Crippen LogP) is 5.21. The lowest BCUT2D eigenvalue weighted by atomic mass is 9.78. The van der Waals surface area contributed by atoms with E-state index in [9.17, 15) is 14.3 Å². The highest BCUT2D eigenvalue weighted by atomic mass is 35.5. The molecule has 3 aromatic carbocycles. The highest BCUT2D eigenvalue weighted by molar-refractivity contribution is 6.33. The molecule has 4 nitrogen and oxygen atoms in total. The number of carbonyl (C=O) groups is 1. The molecule has 4 rings (SSSR count). The molecule has 0 bridgehead atoms. The van der Waals surface area contributed by atoms with E-state index in [1.807, 2.05) is 36.4 Å². The van der Waals surface area contributed by atoms with Crippen molar-refractivity contribution in [3.63, 3.8) is 0 Å². The third-order valence-corrected chi connectivity index (χ3v) is 5.69. The van der Waals surface area contributed by atoms with E-state index >= 15 is 0 Å². The van der Waals surface area contributed by atoms with Crippen molar-refractivity contribution in [1.29, 1.82) is 0 Å². The van der Waals surface area contributed by atoms with E-state index in [0.29, 0.717) is 35.5 Å². The van der Waals surface area contributed by atoms with Crippen LogP contribution < -0.4 is 10.5 Å². The molecule has 0 amide bonds. The molecule has 1 unspecified atom stereocenters. The van der Waals surface area contributed by atoms with E-state index in [-0.39, 0.29) is 11.4 Å². The topological polar surface area (TPSA) is 72.6 Å². The number of hydrogen-bond acceptors (Lipinski definition) is 3. The van der Waals surface area contributed by atoms with Crippen molar-refractivity contribution >= 4 is 17.6 Å². The van der Waals surface area contributed by atoms with Gasteiger partial charge in [-0.15, -0.1) is 0 Å². The Morgan fingerprint density at radius 1 is 1.07 bits per heavy atom. The fourth-order valence-electron chi connectivity index (χ4n) is 3.66. The van der Waals surface area contributed by atoms with Crippen molar-refractivity contribution in [2.75, 3.05) is 0 Å². The van der Waals surface area contributed by atoms with Gasteiger partial charge in [-0.2, -0.15) is 0 Å². The maximum atomic E-state index is 13.9. The molecule has 0 heterocycles. The first kappa shape index (κ1) is 19.4. The summed E-state index contributed by atoms with van der Waals surface area (Å²) in [6, 6.07) is 17.5. The van der Waals surface area contributed by atoms with E-state index in [1.54, 1.807) is 18.2 Å². The number of para-hydroxylation sites is 1. The van der Waals surface area contributed by atoms with Crippen LogP contribution in [0.15, 0.2) is 60.7 Å². The molecule has 0 radical (unpaired) electrons. The van der Waals surface area contributed by atoms with E-state index in [2.05, 4.69) is 0 Å². The second-order valence-corrected chi connectivity index (χ2v) is 7.65. The Bertz CT molecular complexity index is 1100. The molecule has 3 N–H and O–H groups in total. The summed E-state index contributed by atoms with van der Waals surface area (Å²) in [4.78, 5) is 11.5. The van der Waals surface area contributed by atoms with Crippen LogP contribution in [-0.2, 0) is 17.6 Å². The fourth-order valence-corrected chi connectivity index (χ4v) is 3.89. The van der Waals surface area contributed by atoms with Crippen LogP contribution in [0.2, 0.25) is 5.02 Å². The van der Waals surface area contributed by atoms with Crippen LogP contribution >= 0.6 is 11.6 Å². The van der Waals surface area contributed by atoms with Crippen molar-refractivity contribution in [2.45, 2.75) is 24.8 Å². The van der Waals surface area contributed by atoms with Gasteiger partial charge in [-0.1, -0.05) is 48.0 Å². The monoisotopic (exact) mass is 411 g/mol. The maximum Gasteiger partial charge on any atom is 0.324 e. The molecule has 0 spiro atoms. The number of benzene rings is 3. The molecule has 1 atom stereocenters. The Kier molecular flexibility index (Phi) is 5.03. The molecule has 29 heavy (non-hydrogen) atoms. The van der Waals surface area contributed by atoms with Crippen LogP contribution in [0.25, 0.3) is 11.1 Å². The number of carboxylic acid groups (broad SMARTS) is 1. The molecule has 0 saturated carbocycles. The van der Waals surface area contributed by atoms with Crippen molar-refractivity contribution < 1.29 is 19.0 Å². The molecule has 3 aromatic rings. The number of carboxylic acids is 1. The lowest BCUT2D eigenvalue weighted by molar-refractivity contribution is -0.143. The van der Waals surface area contributed by atoms with E-state index < -0.39 is 17.3 Å². The van der Waals surface area contributed by atoms with Gasteiger partial charge in [-0.25, -0.2) is 4.39 Å². The zero-order valence-corrected chi connectivity index (χ0v) is 16.2. The van der Waals surface area contributed by atoms with Crippen LogP contribution in [0, 0.1) is 5.82 Å². The highest BCUT2D eigenvalue weighted by Crippen LogP contribution is 2.39. The molecule has 0 fully saturated rings. The average Bonchev–Trinajstić information content (AvgIpc) is 2.70. The Balaban J connectivity index is 1.68. The molecule has 6 heteroatoms. The Morgan fingerprint density at radius 2 is 1.83 bits per heavy atom. The number of hydrogen-bond donors (Lipinski definition) is 2. The molecule has 0 aliphatic heterocycles. The van der Waals surface area contributed by atoms with Crippen molar-refractivity contribution in [3.05, 3.63) is 82.6 Å². The van der Waals surface area contributed by atoms with Gasteiger partial charge in [-0.05, 0) is 48.2 Å². The average molecular weight is 412 g/mol. The third kappa shape index (κ3) is 3.71. The second-order valence-electron chi connectivity index (χ2n) is 7.27. The number of ether oxygens (including phenoxy) is 1. The van der Waals surface area contributed by atoms with E-state index in [1.165, 1.54) is 6.07 Å². The van der Waals surface area contributed by atoms with Crippen molar-refractivity contribution in [2.24, 2.45) is 5.73 Å². The Morgan fingerprint density at radius 3 is 2.62 bits per heavy atom. The number of rotatable bonds is 4. The first-order chi connectivity index (χ1) is 13.9. The Labute approximate surface area is 172 Å². The van der Waals surface area contributed by atoms with Crippen LogP contribution in [0.4, 0.5) is 4.39 Å². The molecule has 148 valence electrons. The minimum Gasteiger partial charge on any atom is -0.480 e. The molecule has 1 aliphatic carbocycles. The first-order valence-corrected chi connectivity index (χ1v) is 9.60. The summed E-state index contributed by atoms with van der Waals surface area (Å²) in [6.07, 6.45) is 1.25. The van der Waals surface area contributed by atoms with Crippen LogP contribution in [0.1, 0.15) is 17.5 Å². The largest absolute Gasteiger partial charge is 0.480 e. The van der Waals surface area contributed by atoms with Crippen LogP contribution in [0.3, 0.4) is 0 Å². The predicted molar refractivity (Wildman–Crippen MR) is 110 cm³/mol. The highest BCUT2D eigenvalue weighted by Gasteiger charge is 2.37. The quantitative estimate of drug-likeness (QED) is 0.618. The fraction of sp³-hybridized carbons (Fsp3) is 0.174. The zero-order valence-electron chi connectivity index (χ0n) is 15.5. The van der Waals surface area contributed by atoms with Crippen LogP contribution in [-0.4, -0.2) is 16.6 Å². The summed E-state index contributed by atoms with van der Waals surface area (Å²) in [6.45, 7) is 0.